The Morgan fingerprint density at radius 2 is 1.94 bits per heavy atom. The fourth-order valence-corrected chi connectivity index (χ4v) is 3.52. The van der Waals surface area contributed by atoms with Crippen molar-refractivity contribution >= 4 is 11.4 Å². The number of nitrogens with zero attached hydrogens (tertiary/aromatic N) is 6. The van der Waals surface area contributed by atoms with Crippen molar-refractivity contribution in [3.8, 4) is 22.6 Å². The number of Topliss-reactive ketones (excluding diaryl/α,β-unsaturated/α-hetero) is 1. The molecule has 154 valence electrons. The van der Waals surface area contributed by atoms with Gasteiger partial charge >= 0.3 is 0 Å². The lowest BCUT2D eigenvalue weighted by Crippen LogP contribution is -2.05. The van der Waals surface area contributed by atoms with E-state index in [4.69, 9.17) is 5.10 Å². The lowest BCUT2D eigenvalue weighted by Gasteiger charge is -2.07. The third-order valence-corrected chi connectivity index (χ3v) is 5.15. The van der Waals surface area contributed by atoms with Crippen LogP contribution in [0.15, 0.2) is 55.0 Å². The number of benzene rings is 1. The molecule has 0 unspecified atom stereocenters. The standard InChI is InChI=1S/C22H18FN7O/c1-13-26-20(14-3-5-15(23)6-4-14)21(29(13)2)17-7-8-19-27-16(12-30(19)28-17)11-18(31)22-24-9-10-25-22/h3-10,12H,11H2,1-2H3,(H,24,25). The molecule has 1 N–H and O–H groups in total. The minimum atomic E-state index is -0.299. The van der Waals surface area contributed by atoms with Crippen molar-refractivity contribution in [3.63, 3.8) is 0 Å². The average Bonchev–Trinajstić information content (AvgIpc) is 3.48. The number of ketones is 1. The highest BCUT2D eigenvalue weighted by molar-refractivity contribution is 5.93. The summed E-state index contributed by atoms with van der Waals surface area (Å²) in [6.07, 6.45) is 5.01. The highest BCUT2D eigenvalue weighted by atomic mass is 19.1. The largest absolute Gasteiger partial charge is 0.342 e. The maximum atomic E-state index is 13.4. The Labute approximate surface area is 176 Å². The maximum absolute atomic E-state index is 13.4. The molecule has 1 aromatic carbocycles. The average molecular weight is 415 g/mol. The molecule has 9 heteroatoms. The van der Waals surface area contributed by atoms with E-state index in [9.17, 15) is 9.18 Å². The molecule has 0 aliphatic carbocycles. The number of carbonyl (C=O) groups excluding carboxylic acids is 1. The molecule has 5 rings (SSSR count). The zero-order chi connectivity index (χ0) is 21.5. The molecule has 0 amide bonds. The Hall–Kier alpha value is -4.14. The van der Waals surface area contributed by atoms with Crippen molar-refractivity contribution in [2.75, 3.05) is 0 Å². The van der Waals surface area contributed by atoms with E-state index in [0.717, 1.165) is 22.8 Å². The Bertz CT molecular complexity index is 1400. The molecule has 31 heavy (non-hydrogen) atoms. The van der Waals surface area contributed by atoms with E-state index in [-0.39, 0.29) is 18.0 Å². The molecule has 4 heterocycles. The fraction of sp³-hybridized carbons (Fsp3) is 0.136. The van der Waals surface area contributed by atoms with Crippen LogP contribution in [0.1, 0.15) is 22.1 Å². The van der Waals surface area contributed by atoms with Gasteiger partial charge < -0.3 is 9.55 Å². The number of aryl methyl sites for hydroxylation is 1. The van der Waals surface area contributed by atoms with Gasteiger partial charge in [0.25, 0.3) is 0 Å². The van der Waals surface area contributed by atoms with Crippen molar-refractivity contribution in [2.45, 2.75) is 13.3 Å². The summed E-state index contributed by atoms with van der Waals surface area (Å²) in [6, 6.07) is 9.95. The minimum Gasteiger partial charge on any atom is -0.342 e. The van der Waals surface area contributed by atoms with Crippen molar-refractivity contribution in [1.29, 1.82) is 0 Å². The van der Waals surface area contributed by atoms with Gasteiger partial charge in [-0.25, -0.2) is 23.9 Å². The summed E-state index contributed by atoms with van der Waals surface area (Å²) >= 11 is 0. The second-order valence-electron chi connectivity index (χ2n) is 7.21. The lowest BCUT2D eigenvalue weighted by molar-refractivity contribution is 0.0983. The number of hydrogen-bond donors (Lipinski definition) is 1. The third-order valence-electron chi connectivity index (χ3n) is 5.15. The summed E-state index contributed by atoms with van der Waals surface area (Å²) < 4.78 is 17.0. The zero-order valence-corrected chi connectivity index (χ0v) is 16.9. The van der Waals surface area contributed by atoms with Crippen LogP contribution in [-0.4, -0.2) is 39.9 Å². The van der Waals surface area contributed by atoms with Gasteiger partial charge in [0.15, 0.2) is 11.5 Å². The number of halogens is 1. The summed E-state index contributed by atoms with van der Waals surface area (Å²) in [5.41, 5.74) is 4.26. The Morgan fingerprint density at radius 3 is 2.68 bits per heavy atom. The van der Waals surface area contributed by atoms with Gasteiger partial charge in [-0.15, -0.1) is 0 Å². The first-order valence-electron chi connectivity index (χ1n) is 9.67. The van der Waals surface area contributed by atoms with Crippen LogP contribution < -0.4 is 0 Å². The maximum Gasteiger partial charge on any atom is 0.204 e. The first kappa shape index (κ1) is 18.9. The van der Waals surface area contributed by atoms with Crippen LogP contribution in [0.25, 0.3) is 28.3 Å². The number of H-pyrrole nitrogens is 1. The molecule has 8 nitrogen and oxygen atoms in total. The van der Waals surface area contributed by atoms with Gasteiger partial charge in [-0.1, -0.05) is 0 Å². The van der Waals surface area contributed by atoms with E-state index in [1.54, 1.807) is 35.2 Å². The summed E-state index contributed by atoms with van der Waals surface area (Å²) in [4.78, 5) is 28.3. The fourth-order valence-electron chi connectivity index (χ4n) is 3.52. The topological polar surface area (TPSA) is 93.8 Å². The highest BCUT2D eigenvalue weighted by Gasteiger charge is 2.19. The van der Waals surface area contributed by atoms with Crippen LogP contribution in [0.3, 0.4) is 0 Å². The number of aromatic nitrogens is 7. The first-order valence-corrected chi connectivity index (χ1v) is 9.67. The summed E-state index contributed by atoms with van der Waals surface area (Å²) in [5.74, 6) is 0.675. The second kappa shape index (κ2) is 7.28. The first-order chi connectivity index (χ1) is 15.0. The van der Waals surface area contributed by atoms with Crippen LogP contribution in [0, 0.1) is 12.7 Å². The SMILES string of the molecule is Cc1nc(-c2ccc(F)cc2)c(-c2ccc3nc(CC(=O)c4ncc[nH]4)cn3n2)n1C. The molecule has 0 spiro atoms. The van der Waals surface area contributed by atoms with E-state index in [1.165, 1.54) is 12.1 Å². The predicted octanol–water partition coefficient (Wildman–Crippen LogP) is 3.39. The highest BCUT2D eigenvalue weighted by Crippen LogP contribution is 2.31. The van der Waals surface area contributed by atoms with E-state index in [2.05, 4.69) is 19.9 Å². The van der Waals surface area contributed by atoms with Crippen LogP contribution in [0.4, 0.5) is 4.39 Å². The third kappa shape index (κ3) is 3.39. The Kier molecular flexibility index (Phi) is 4.43. The summed E-state index contributed by atoms with van der Waals surface area (Å²) in [6.45, 7) is 1.91. The molecule has 0 saturated heterocycles. The summed E-state index contributed by atoms with van der Waals surface area (Å²) in [5, 5.41) is 4.70. The van der Waals surface area contributed by atoms with Gasteiger partial charge in [-0.3, -0.25) is 4.79 Å². The van der Waals surface area contributed by atoms with E-state index in [1.807, 2.05) is 30.7 Å². The number of rotatable bonds is 5. The van der Waals surface area contributed by atoms with E-state index in [0.29, 0.717) is 22.9 Å². The molecular weight excluding hydrogens is 397 g/mol. The van der Waals surface area contributed by atoms with Crippen LogP contribution in [-0.2, 0) is 13.5 Å². The minimum absolute atomic E-state index is 0.123. The molecule has 0 radical (unpaired) electrons. The van der Waals surface area contributed by atoms with Crippen LogP contribution in [0.2, 0.25) is 0 Å². The van der Waals surface area contributed by atoms with E-state index >= 15 is 0 Å². The smallest absolute Gasteiger partial charge is 0.204 e. The molecular formula is C22H18FN7O. The van der Waals surface area contributed by atoms with Crippen molar-refractivity contribution < 1.29 is 9.18 Å². The summed E-state index contributed by atoms with van der Waals surface area (Å²) in [7, 11) is 1.91. The molecule has 0 bridgehead atoms. The Balaban J connectivity index is 1.54. The number of carbonyl (C=O) groups is 1. The number of imidazole rings is 3. The van der Waals surface area contributed by atoms with Gasteiger partial charge in [0.2, 0.25) is 5.78 Å². The number of hydrogen-bond acceptors (Lipinski definition) is 5. The molecule has 0 atom stereocenters. The van der Waals surface area contributed by atoms with Crippen LogP contribution >= 0.6 is 0 Å². The molecule has 0 aliphatic rings. The zero-order valence-electron chi connectivity index (χ0n) is 16.9. The van der Waals surface area contributed by atoms with Gasteiger partial charge in [-0.2, -0.15) is 5.10 Å². The van der Waals surface area contributed by atoms with Crippen molar-refractivity contribution in [1.82, 2.24) is 34.1 Å². The monoisotopic (exact) mass is 415 g/mol. The number of aromatic amines is 1. The lowest BCUT2D eigenvalue weighted by atomic mass is 10.1. The van der Waals surface area contributed by atoms with Crippen LogP contribution in [0.5, 0.6) is 0 Å². The molecule has 0 fully saturated rings. The normalized spacial score (nSPS) is 11.3. The van der Waals surface area contributed by atoms with Crippen molar-refractivity contribution in [2.24, 2.45) is 7.05 Å². The quantitative estimate of drug-likeness (QED) is 0.444. The molecule has 5 aromatic rings. The predicted molar refractivity (Wildman–Crippen MR) is 112 cm³/mol. The molecule has 0 aliphatic heterocycles. The Morgan fingerprint density at radius 1 is 1.13 bits per heavy atom. The van der Waals surface area contributed by atoms with Gasteiger partial charge in [0.05, 0.1) is 29.7 Å². The number of fused-ring (bicyclic) bond motifs is 1. The van der Waals surface area contributed by atoms with E-state index < -0.39 is 0 Å². The second-order valence-corrected chi connectivity index (χ2v) is 7.21. The van der Waals surface area contributed by atoms with Gasteiger partial charge in [0.1, 0.15) is 17.3 Å². The number of nitrogens with one attached hydrogen (secondary N) is 1. The van der Waals surface area contributed by atoms with Gasteiger partial charge in [-0.05, 0) is 43.3 Å². The van der Waals surface area contributed by atoms with Crippen molar-refractivity contribution in [3.05, 3.63) is 78.1 Å². The van der Waals surface area contributed by atoms with Gasteiger partial charge in [0, 0.05) is 25.0 Å². The molecule has 4 aromatic heterocycles. The molecule has 0 saturated carbocycles.